The molecule has 0 spiro atoms. The predicted octanol–water partition coefficient (Wildman–Crippen LogP) is 4.79. The van der Waals surface area contributed by atoms with Crippen LogP contribution in [0.25, 0.3) is 0 Å². The van der Waals surface area contributed by atoms with Gasteiger partial charge < -0.3 is 0 Å². The molecule has 0 radical (unpaired) electrons. The molecule has 5 atom stereocenters. The second-order valence-corrected chi connectivity index (χ2v) is 13.0. The van der Waals surface area contributed by atoms with Gasteiger partial charge in [0.05, 0.1) is 0 Å². The number of halogens is 3. The number of rotatable bonds is 6. The van der Waals surface area contributed by atoms with Gasteiger partial charge in [0.1, 0.15) is 0 Å². The number of hydrogen-bond acceptors (Lipinski definition) is 2. The van der Waals surface area contributed by atoms with Gasteiger partial charge in [-0.15, -0.1) is 0 Å². The molecule has 2 aliphatic carbocycles. The first-order valence-corrected chi connectivity index (χ1v) is 14.3. The van der Waals surface area contributed by atoms with Gasteiger partial charge in [0.2, 0.25) is 0 Å². The molecule has 5 unspecified atom stereocenters. The molecule has 2 fully saturated rings. The Balaban J connectivity index is 1.90. The Hall–Kier alpha value is 0.923. The summed E-state index contributed by atoms with van der Waals surface area (Å²) in [6, 6.07) is 0.426. The molecular formula is C17H30Cl2FNORu. The summed E-state index contributed by atoms with van der Waals surface area (Å²) in [6.07, 6.45) is 6.91. The molecule has 2 nitrogen and oxygen atoms in total. The third kappa shape index (κ3) is 6.98. The van der Waals surface area contributed by atoms with Crippen LogP contribution in [-0.2, 0) is 18.3 Å². The Morgan fingerprint density at radius 2 is 1.96 bits per heavy atom. The van der Waals surface area contributed by atoms with Crippen LogP contribution in [0.3, 0.4) is 0 Å². The normalized spacial score (nSPS) is 36.1. The van der Waals surface area contributed by atoms with Crippen LogP contribution in [-0.4, -0.2) is 35.6 Å². The molecule has 2 rings (SSSR count). The maximum absolute atomic E-state index is 13.7. The van der Waals surface area contributed by atoms with Crippen LogP contribution in [0.15, 0.2) is 0 Å². The summed E-state index contributed by atoms with van der Waals surface area (Å²) < 4.78 is 21.9. The first kappa shape index (κ1) is 20.2. The van der Waals surface area contributed by atoms with Crippen molar-refractivity contribution in [2.24, 2.45) is 11.8 Å². The summed E-state index contributed by atoms with van der Waals surface area (Å²) in [7, 11) is 12.1. The average Bonchev–Trinajstić information content (AvgIpc) is 2.46. The predicted molar refractivity (Wildman–Crippen MR) is 93.8 cm³/mol. The van der Waals surface area contributed by atoms with Crippen molar-refractivity contribution in [3.05, 3.63) is 0 Å². The Bertz CT molecular complexity index is 393. The molecule has 23 heavy (non-hydrogen) atoms. The van der Waals surface area contributed by atoms with Gasteiger partial charge in [-0.1, -0.05) is 0 Å². The summed E-state index contributed by atoms with van der Waals surface area (Å²) in [4.78, 5) is 0. The van der Waals surface area contributed by atoms with Crippen molar-refractivity contribution in [1.82, 2.24) is 5.32 Å². The molecule has 0 aromatic heterocycles. The van der Waals surface area contributed by atoms with E-state index in [1.165, 1.54) is 19.3 Å². The van der Waals surface area contributed by atoms with E-state index in [4.69, 9.17) is 24.1 Å². The maximum atomic E-state index is 13.7. The quantitative estimate of drug-likeness (QED) is 0.582. The summed E-state index contributed by atoms with van der Waals surface area (Å²) in [6.45, 7) is 5.13. The minimum absolute atomic E-state index is 0.230. The summed E-state index contributed by atoms with van der Waals surface area (Å²) in [5.74, 6) is 0.686. The molecule has 0 aromatic carbocycles. The Morgan fingerprint density at radius 3 is 2.65 bits per heavy atom. The molecule has 0 saturated heterocycles. The van der Waals surface area contributed by atoms with Crippen molar-refractivity contribution in [3.63, 3.8) is 0 Å². The summed E-state index contributed by atoms with van der Waals surface area (Å²) in [5, 5.41) is 3.73. The van der Waals surface area contributed by atoms with Crippen LogP contribution in [0.4, 0.5) is 4.39 Å². The zero-order valence-corrected chi connectivity index (χ0v) is 17.3. The van der Waals surface area contributed by atoms with Crippen molar-refractivity contribution in [2.75, 3.05) is 6.54 Å². The van der Waals surface area contributed by atoms with Gasteiger partial charge in [-0.2, -0.15) is 0 Å². The molecular weight excluding hydrogens is 425 g/mol. The molecule has 6 heteroatoms. The van der Waals surface area contributed by atoms with Gasteiger partial charge in [-0.25, -0.2) is 0 Å². The second kappa shape index (κ2) is 10.2. The van der Waals surface area contributed by atoms with Crippen molar-refractivity contribution < 1.29 is 22.6 Å². The van der Waals surface area contributed by atoms with Gasteiger partial charge in [-0.05, 0) is 0 Å². The monoisotopic (exact) mass is 455 g/mol. The van der Waals surface area contributed by atoms with E-state index in [9.17, 15) is 4.39 Å². The molecule has 2 saturated carbocycles. The fraction of sp³-hybridized carbons (Fsp3) is 0.941. The Morgan fingerprint density at radius 1 is 1.22 bits per heavy atom. The van der Waals surface area contributed by atoms with E-state index in [-0.39, 0.29) is 12.0 Å². The number of nitrogens with one attached hydrogen (secondary N) is 1. The van der Waals surface area contributed by atoms with Gasteiger partial charge in [0.25, 0.3) is 0 Å². The number of ether oxygens (including phenoxy) is 1. The number of hydrogen-bond donors (Lipinski definition) is 1. The molecule has 0 bridgehead atoms. The third-order valence-corrected chi connectivity index (χ3v) is 7.25. The van der Waals surface area contributed by atoms with Gasteiger partial charge in [-0.3, -0.25) is 0 Å². The second-order valence-electron chi connectivity index (χ2n) is 7.18. The van der Waals surface area contributed by atoms with E-state index >= 15 is 0 Å². The topological polar surface area (TPSA) is 21.3 Å². The van der Waals surface area contributed by atoms with E-state index in [0.29, 0.717) is 30.9 Å². The Kier molecular flexibility index (Phi) is 8.94. The van der Waals surface area contributed by atoms with E-state index in [0.717, 1.165) is 19.4 Å². The van der Waals surface area contributed by atoms with Gasteiger partial charge >= 0.3 is 154 Å². The number of alkyl halides is 1. The average molecular weight is 455 g/mol. The van der Waals surface area contributed by atoms with Crippen molar-refractivity contribution in [1.29, 1.82) is 0 Å². The van der Waals surface area contributed by atoms with Gasteiger partial charge in [0, 0.05) is 0 Å². The third-order valence-electron chi connectivity index (χ3n) is 5.02. The first-order valence-electron chi connectivity index (χ1n) is 8.82. The van der Waals surface area contributed by atoms with Crippen LogP contribution in [0.2, 0.25) is 0 Å². The van der Waals surface area contributed by atoms with E-state index < -0.39 is 19.7 Å². The zero-order chi connectivity index (χ0) is 16.8. The van der Waals surface area contributed by atoms with E-state index in [1.807, 2.05) is 0 Å². The van der Waals surface area contributed by atoms with E-state index in [2.05, 4.69) is 23.8 Å². The minimum atomic E-state index is -1.84. The van der Waals surface area contributed by atoms with Crippen molar-refractivity contribution >= 4 is 24.0 Å². The zero-order valence-electron chi connectivity index (χ0n) is 14.1. The standard InChI is InChI=1S/C17H30FNO.2ClH.Ru/c1-12(2)20-17-7-5-4-6-16(17)19-11-14-8-9-15(18)10-13(14)3;;;/h3,12-17,19H,4-11H2,1-2H3;2*1H;/q;;;+2/p-2. The molecule has 0 amide bonds. The molecule has 138 valence electrons. The van der Waals surface area contributed by atoms with E-state index in [1.54, 1.807) is 0 Å². The Labute approximate surface area is 153 Å². The molecule has 1 N–H and O–H groups in total. The molecule has 2 aliphatic rings. The van der Waals surface area contributed by atoms with Crippen LogP contribution in [0, 0.1) is 11.8 Å². The van der Waals surface area contributed by atoms with Crippen molar-refractivity contribution in [3.8, 4) is 0 Å². The van der Waals surface area contributed by atoms with Crippen LogP contribution < -0.4 is 5.32 Å². The fourth-order valence-corrected chi connectivity index (χ4v) is 6.50. The summed E-state index contributed by atoms with van der Waals surface area (Å²) in [5.41, 5.74) is 0. The first-order chi connectivity index (χ1) is 11.0. The molecule has 0 aromatic rings. The fourth-order valence-electron chi connectivity index (χ4n) is 3.87. The van der Waals surface area contributed by atoms with Crippen LogP contribution >= 0.6 is 19.4 Å². The van der Waals surface area contributed by atoms with Crippen molar-refractivity contribution in [2.45, 2.75) is 83.2 Å². The molecule has 0 heterocycles. The summed E-state index contributed by atoms with van der Waals surface area (Å²) >= 11 is -1.84. The SMILES string of the molecule is CC(C)OC1CCCCC1NCC1CCC(F)CC1[CH]=[Ru]([Cl])[Cl]. The molecule has 0 aliphatic heterocycles. The van der Waals surface area contributed by atoms with Crippen LogP contribution in [0.5, 0.6) is 0 Å². The van der Waals surface area contributed by atoms with Gasteiger partial charge in [0.15, 0.2) is 0 Å². The van der Waals surface area contributed by atoms with Crippen LogP contribution in [0.1, 0.15) is 58.8 Å².